The molecule has 0 aliphatic carbocycles. The van der Waals surface area contributed by atoms with Crippen LogP contribution < -0.4 is 5.43 Å². The van der Waals surface area contributed by atoms with Gasteiger partial charge in [-0.2, -0.15) is 10.1 Å². The molecule has 2 rings (SSSR count). The number of esters is 1. The van der Waals surface area contributed by atoms with Gasteiger partial charge in [-0.25, -0.2) is 10.5 Å². The fourth-order valence-corrected chi connectivity index (χ4v) is 2.04. The van der Waals surface area contributed by atoms with Crippen LogP contribution >= 0.6 is 11.8 Å². The zero-order valence-electron chi connectivity index (χ0n) is 11.8. The van der Waals surface area contributed by atoms with Gasteiger partial charge in [0, 0.05) is 5.56 Å². The smallest absolute Gasteiger partial charge is 0.316 e. The molecular formula is C13H15N5O3S. The van der Waals surface area contributed by atoms with E-state index >= 15 is 0 Å². The molecule has 0 amide bonds. The van der Waals surface area contributed by atoms with Crippen LogP contribution in [0.25, 0.3) is 0 Å². The van der Waals surface area contributed by atoms with Crippen molar-refractivity contribution in [2.75, 3.05) is 17.8 Å². The minimum Gasteiger partial charge on any atom is -0.507 e. The Morgan fingerprint density at radius 2 is 2.36 bits per heavy atom. The first-order valence-corrected chi connectivity index (χ1v) is 7.45. The van der Waals surface area contributed by atoms with Crippen LogP contribution in [0.15, 0.2) is 34.5 Å². The maximum absolute atomic E-state index is 11.2. The second-order valence-electron chi connectivity index (χ2n) is 3.99. The van der Waals surface area contributed by atoms with Crippen LogP contribution in [-0.4, -0.2) is 44.8 Å². The number of nitrogens with zero attached hydrogens (tertiary/aromatic N) is 3. The number of anilines is 1. The lowest BCUT2D eigenvalue weighted by atomic mass is 10.2. The third kappa shape index (κ3) is 4.77. The van der Waals surface area contributed by atoms with Gasteiger partial charge in [0.25, 0.3) is 0 Å². The molecule has 1 aromatic carbocycles. The highest BCUT2D eigenvalue weighted by molar-refractivity contribution is 7.99. The van der Waals surface area contributed by atoms with Crippen LogP contribution in [0.3, 0.4) is 0 Å². The van der Waals surface area contributed by atoms with Crippen LogP contribution in [0.5, 0.6) is 5.75 Å². The highest BCUT2D eigenvalue weighted by Gasteiger charge is 2.07. The van der Waals surface area contributed by atoms with E-state index in [1.54, 1.807) is 31.2 Å². The molecule has 22 heavy (non-hydrogen) atoms. The summed E-state index contributed by atoms with van der Waals surface area (Å²) in [7, 11) is 0. The Morgan fingerprint density at radius 3 is 3.14 bits per heavy atom. The number of ether oxygens (including phenoxy) is 1. The molecule has 0 atom stereocenters. The molecule has 116 valence electrons. The lowest BCUT2D eigenvalue weighted by Gasteiger charge is -1.98. The Labute approximate surface area is 131 Å². The Kier molecular flexibility index (Phi) is 5.78. The number of rotatable bonds is 7. The van der Waals surface area contributed by atoms with Crippen molar-refractivity contribution in [3.8, 4) is 5.75 Å². The summed E-state index contributed by atoms with van der Waals surface area (Å²) in [6.07, 6.45) is 1.46. The van der Waals surface area contributed by atoms with E-state index in [2.05, 4.69) is 25.7 Å². The number of nitrogens with one attached hydrogen (secondary N) is 2. The van der Waals surface area contributed by atoms with Crippen molar-refractivity contribution in [1.29, 1.82) is 0 Å². The summed E-state index contributed by atoms with van der Waals surface area (Å²) in [5, 5.41) is 20.5. The molecular weight excluding hydrogens is 306 g/mol. The van der Waals surface area contributed by atoms with E-state index in [1.807, 2.05) is 0 Å². The maximum Gasteiger partial charge on any atom is 0.316 e. The van der Waals surface area contributed by atoms with Crippen molar-refractivity contribution in [3.05, 3.63) is 29.8 Å². The van der Waals surface area contributed by atoms with Crippen LogP contribution in [0.2, 0.25) is 0 Å². The number of benzene rings is 1. The summed E-state index contributed by atoms with van der Waals surface area (Å²) in [6.45, 7) is 2.10. The van der Waals surface area contributed by atoms with Crippen molar-refractivity contribution < 1.29 is 14.6 Å². The topological polar surface area (TPSA) is 112 Å². The summed E-state index contributed by atoms with van der Waals surface area (Å²) >= 11 is 1.16. The predicted octanol–water partition coefficient (Wildman–Crippen LogP) is 1.61. The summed E-state index contributed by atoms with van der Waals surface area (Å²) in [6, 6.07) is 6.81. The minimum atomic E-state index is -0.315. The van der Waals surface area contributed by atoms with Crippen molar-refractivity contribution >= 4 is 29.9 Å². The number of phenolic OH excluding ortho intramolecular Hbond substituents is 1. The van der Waals surface area contributed by atoms with Gasteiger partial charge in [-0.3, -0.25) is 4.79 Å². The van der Waals surface area contributed by atoms with Gasteiger partial charge in [-0.1, -0.05) is 23.9 Å². The number of hydrogen-bond donors (Lipinski definition) is 3. The molecule has 0 spiro atoms. The van der Waals surface area contributed by atoms with Gasteiger partial charge in [-0.15, -0.1) is 5.10 Å². The second kappa shape index (κ2) is 8.03. The molecule has 0 saturated carbocycles. The van der Waals surface area contributed by atoms with Crippen LogP contribution in [-0.2, 0) is 9.53 Å². The third-order valence-corrected chi connectivity index (χ3v) is 3.22. The molecule has 0 unspecified atom stereocenters. The Hall–Kier alpha value is -2.55. The fraction of sp³-hybridized carbons (Fsp3) is 0.231. The number of aromatic amines is 1. The van der Waals surface area contributed by atoms with Gasteiger partial charge in [-0.05, 0) is 19.1 Å². The summed E-state index contributed by atoms with van der Waals surface area (Å²) < 4.78 is 4.81. The maximum atomic E-state index is 11.2. The zero-order valence-corrected chi connectivity index (χ0v) is 12.6. The van der Waals surface area contributed by atoms with E-state index in [0.717, 1.165) is 11.8 Å². The molecule has 0 fully saturated rings. The van der Waals surface area contributed by atoms with E-state index < -0.39 is 0 Å². The van der Waals surface area contributed by atoms with Gasteiger partial charge in [0.15, 0.2) is 0 Å². The van der Waals surface area contributed by atoms with Crippen LogP contribution in [0, 0.1) is 0 Å². The Balaban J connectivity index is 1.84. The Morgan fingerprint density at radius 1 is 1.55 bits per heavy atom. The van der Waals surface area contributed by atoms with Gasteiger partial charge >= 0.3 is 5.97 Å². The van der Waals surface area contributed by atoms with Crippen LogP contribution in [0.4, 0.5) is 5.95 Å². The molecule has 1 aromatic heterocycles. The minimum absolute atomic E-state index is 0.135. The first-order chi connectivity index (χ1) is 10.7. The molecule has 1 heterocycles. The number of hydrazone groups is 1. The second-order valence-corrected chi connectivity index (χ2v) is 4.93. The lowest BCUT2D eigenvalue weighted by Crippen LogP contribution is -2.06. The summed E-state index contributed by atoms with van der Waals surface area (Å²) in [5.74, 6) is 0.297. The highest BCUT2D eigenvalue weighted by Crippen LogP contribution is 2.15. The molecule has 8 nitrogen and oxygen atoms in total. The van der Waals surface area contributed by atoms with E-state index in [-0.39, 0.29) is 17.5 Å². The average molecular weight is 321 g/mol. The van der Waals surface area contributed by atoms with Crippen molar-refractivity contribution in [2.24, 2.45) is 5.10 Å². The van der Waals surface area contributed by atoms with Gasteiger partial charge in [0.1, 0.15) is 5.75 Å². The first-order valence-electron chi connectivity index (χ1n) is 6.47. The fourth-order valence-electron chi connectivity index (χ4n) is 1.45. The molecule has 9 heteroatoms. The Bertz CT molecular complexity index is 659. The largest absolute Gasteiger partial charge is 0.507 e. The van der Waals surface area contributed by atoms with Gasteiger partial charge in [0.05, 0.1) is 18.6 Å². The molecule has 0 aliphatic heterocycles. The van der Waals surface area contributed by atoms with Crippen LogP contribution in [0.1, 0.15) is 12.5 Å². The number of thioether (sulfide) groups is 1. The third-order valence-electron chi connectivity index (χ3n) is 2.40. The van der Waals surface area contributed by atoms with Gasteiger partial charge in [0.2, 0.25) is 11.1 Å². The highest BCUT2D eigenvalue weighted by atomic mass is 32.2. The number of para-hydroxylation sites is 1. The van der Waals surface area contributed by atoms with Crippen molar-refractivity contribution in [2.45, 2.75) is 12.1 Å². The first kappa shape index (κ1) is 15.8. The molecule has 0 bridgehead atoms. The average Bonchev–Trinajstić information content (AvgIpc) is 2.95. The van der Waals surface area contributed by atoms with Crippen molar-refractivity contribution in [3.63, 3.8) is 0 Å². The van der Waals surface area contributed by atoms with E-state index in [4.69, 9.17) is 4.74 Å². The van der Waals surface area contributed by atoms with Crippen molar-refractivity contribution in [1.82, 2.24) is 15.2 Å². The molecule has 2 aromatic rings. The monoisotopic (exact) mass is 321 g/mol. The molecule has 0 aliphatic rings. The number of H-pyrrole nitrogens is 1. The zero-order chi connectivity index (χ0) is 15.8. The molecule has 3 N–H and O–H groups in total. The normalized spacial score (nSPS) is 10.8. The number of aromatic hydroxyl groups is 1. The number of aromatic nitrogens is 3. The molecule has 0 saturated heterocycles. The number of phenols is 1. The SMILES string of the molecule is CCOC(=O)CSc1n[nH]c(N/N=C/c2ccccc2O)n1. The quantitative estimate of drug-likeness (QED) is 0.307. The predicted molar refractivity (Wildman–Crippen MR) is 83.1 cm³/mol. The lowest BCUT2D eigenvalue weighted by molar-refractivity contribution is -0.139. The number of carbonyl (C=O) groups is 1. The van der Waals surface area contributed by atoms with Gasteiger partial charge < -0.3 is 9.84 Å². The number of carbonyl (C=O) groups excluding carboxylic acids is 1. The standard InChI is InChI=1S/C13H15N5O3S/c1-2-21-11(20)8-22-13-15-12(17-18-13)16-14-7-9-5-3-4-6-10(9)19/h3-7,19H,2,8H2,1H3,(H2,15,16,17,18)/b14-7+. The van der Waals surface area contributed by atoms with E-state index in [9.17, 15) is 9.90 Å². The van der Waals surface area contributed by atoms with E-state index in [0.29, 0.717) is 23.3 Å². The summed E-state index contributed by atoms with van der Waals surface area (Å²) in [5.41, 5.74) is 3.23. The molecule has 0 radical (unpaired) electrons. The number of hydrogen-bond acceptors (Lipinski definition) is 8. The van der Waals surface area contributed by atoms with E-state index in [1.165, 1.54) is 6.21 Å². The summed E-state index contributed by atoms with van der Waals surface area (Å²) in [4.78, 5) is 15.3.